The Labute approximate surface area is 239 Å². The lowest BCUT2D eigenvalue weighted by Crippen LogP contribution is -2.44. The maximum atomic E-state index is 14.0. The fourth-order valence-electron chi connectivity index (χ4n) is 4.88. The predicted molar refractivity (Wildman–Crippen MR) is 160 cm³/mol. The summed E-state index contributed by atoms with van der Waals surface area (Å²) in [6, 6.07) is 45.7. The standard InChI is InChI=1S/C35H29ClN2O2/c36-30-23-21-29(22-24-30)33(37-34(39)31(25-13-5-1-6-14-25)26-15-7-2-8-16-26)38-35(40)32(27-17-9-3-10-18-27)28-19-11-4-12-20-28/h1-24,31-33H,(H,37,39)(H,38,40). The van der Waals surface area contributed by atoms with E-state index in [-0.39, 0.29) is 11.8 Å². The van der Waals surface area contributed by atoms with Crippen LogP contribution in [-0.2, 0) is 9.59 Å². The molecule has 5 rings (SSSR count). The maximum Gasteiger partial charge on any atom is 0.233 e. The van der Waals surface area contributed by atoms with Crippen molar-refractivity contribution < 1.29 is 9.59 Å². The van der Waals surface area contributed by atoms with Gasteiger partial charge in [-0.2, -0.15) is 0 Å². The van der Waals surface area contributed by atoms with E-state index in [2.05, 4.69) is 10.6 Å². The number of amides is 2. The highest BCUT2D eigenvalue weighted by atomic mass is 35.5. The van der Waals surface area contributed by atoms with Crippen molar-refractivity contribution in [1.29, 1.82) is 0 Å². The molecule has 0 aliphatic rings. The van der Waals surface area contributed by atoms with E-state index in [1.165, 1.54) is 0 Å². The first-order chi connectivity index (χ1) is 19.6. The number of rotatable bonds is 9. The van der Waals surface area contributed by atoms with E-state index >= 15 is 0 Å². The molecule has 198 valence electrons. The minimum absolute atomic E-state index is 0.228. The van der Waals surface area contributed by atoms with Gasteiger partial charge in [0.1, 0.15) is 6.17 Å². The van der Waals surface area contributed by atoms with Gasteiger partial charge in [-0.1, -0.05) is 145 Å². The highest BCUT2D eigenvalue weighted by Gasteiger charge is 2.29. The highest BCUT2D eigenvalue weighted by molar-refractivity contribution is 6.30. The first kappa shape index (κ1) is 26.9. The third-order valence-corrected chi connectivity index (χ3v) is 7.08. The number of nitrogens with one attached hydrogen (secondary N) is 2. The van der Waals surface area contributed by atoms with Gasteiger partial charge in [0.15, 0.2) is 0 Å². The number of hydrogen-bond donors (Lipinski definition) is 2. The molecule has 0 aromatic heterocycles. The summed E-state index contributed by atoms with van der Waals surface area (Å²) in [6.07, 6.45) is -0.790. The van der Waals surface area contributed by atoms with Gasteiger partial charge in [0.25, 0.3) is 0 Å². The molecule has 0 atom stereocenters. The van der Waals surface area contributed by atoms with Crippen LogP contribution in [0.3, 0.4) is 0 Å². The van der Waals surface area contributed by atoms with Crippen molar-refractivity contribution >= 4 is 23.4 Å². The highest BCUT2D eigenvalue weighted by Crippen LogP contribution is 2.28. The van der Waals surface area contributed by atoms with E-state index in [0.717, 1.165) is 22.3 Å². The van der Waals surface area contributed by atoms with Crippen LogP contribution in [0.1, 0.15) is 45.8 Å². The monoisotopic (exact) mass is 544 g/mol. The molecule has 2 N–H and O–H groups in total. The predicted octanol–water partition coefficient (Wildman–Crippen LogP) is 7.24. The van der Waals surface area contributed by atoms with Gasteiger partial charge in [0, 0.05) is 5.02 Å². The van der Waals surface area contributed by atoms with Crippen LogP contribution in [0.4, 0.5) is 0 Å². The number of benzene rings is 5. The van der Waals surface area contributed by atoms with Crippen molar-refractivity contribution in [3.63, 3.8) is 0 Å². The molecule has 5 aromatic carbocycles. The molecular weight excluding hydrogens is 516 g/mol. The van der Waals surface area contributed by atoms with Gasteiger partial charge in [0.05, 0.1) is 11.8 Å². The molecule has 5 aromatic rings. The van der Waals surface area contributed by atoms with E-state index in [4.69, 9.17) is 11.6 Å². The van der Waals surface area contributed by atoms with Crippen molar-refractivity contribution in [1.82, 2.24) is 10.6 Å². The zero-order valence-corrected chi connectivity index (χ0v) is 22.5. The zero-order valence-electron chi connectivity index (χ0n) is 21.8. The Morgan fingerprint density at radius 3 is 1.02 bits per heavy atom. The lowest BCUT2D eigenvalue weighted by atomic mass is 9.89. The van der Waals surface area contributed by atoms with Crippen molar-refractivity contribution in [3.05, 3.63) is 178 Å². The van der Waals surface area contributed by atoms with Crippen molar-refractivity contribution in [3.8, 4) is 0 Å². The molecular formula is C35H29ClN2O2. The lowest BCUT2D eigenvalue weighted by Gasteiger charge is -2.27. The van der Waals surface area contributed by atoms with Crippen LogP contribution in [-0.4, -0.2) is 11.8 Å². The van der Waals surface area contributed by atoms with E-state index in [0.29, 0.717) is 10.6 Å². The van der Waals surface area contributed by atoms with E-state index in [1.807, 2.05) is 133 Å². The average molecular weight is 545 g/mol. The van der Waals surface area contributed by atoms with Gasteiger partial charge in [-0.3, -0.25) is 9.59 Å². The van der Waals surface area contributed by atoms with Gasteiger partial charge >= 0.3 is 0 Å². The van der Waals surface area contributed by atoms with Gasteiger partial charge in [-0.15, -0.1) is 0 Å². The fraction of sp³-hybridized carbons (Fsp3) is 0.0857. The maximum absolute atomic E-state index is 14.0. The van der Waals surface area contributed by atoms with Gasteiger partial charge in [0.2, 0.25) is 11.8 Å². The Morgan fingerprint density at radius 2 is 0.725 bits per heavy atom. The summed E-state index contributed by atoms with van der Waals surface area (Å²) in [7, 11) is 0. The van der Waals surface area contributed by atoms with Gasteiger partial charge in [-0.05, 0) is 39.9 Å². The zero-order chi connectivity index (χ0) is 27.7. The molecule has 5 heteroatoms. The summed E-state index contributed by atoms with van der Waals surface area (Å²) in [5, 5.41) is 6.82. The van der Waals surface area contributed by atoms with Crippen molar-refractivity contribution in [2.24, 2.45) is 0 Å². The van der Waals surface area contributed by atoms with E-state index in [1.54, 1.807) is 12.1 Å². The second-order valence-corrected chi connectivity index (χ2v) is 9.95. The van der Waals surface area contributed by atoms with Crippen LogP contribution in [0.5, 0.6) is 0 Å². The molecule has 0 unspecified atom stereocenters. The minimum atomic E-state index is -0.790. The summed E-state index contributed by atoms with van der Waals surface area (Å²) >= 11 is 6.17. The topological polar surface area (TPSA) is 58.2 Å². The Kier molecular flexibility index (Phi) is 8.69. The number of carbonyl (C=O) groups is 2. The molecule has 0 fully saturated rings. The molecule has 0 radical (unpaired) electrons. The average Bonchev–Trinajstić information content (AvgIpc) is 3.00. The molecule has 2 amide bonds. The number of hydrogen-bond acceptors (Lipinski definition) is 2. The van der Waals surface area contributed by atoms with Crippen LogP contribution >= 0.6 is 11.6 Å². The quantitative estimate of drug-likeness (QED) is 0.192. The molecule has 0 aliphatic carbocycles. The van der Waals surface area contributed by atoms with Crippen molar-refractivity contribution in [2.45, 2.75) is 18.0 Å². The third-order valence-electron chi connectivity index (χ3n) is 6.83. The van der Waals surface area contributed by atoms with Crippen LogP contribution in [0, 0.1) is 0 Å². The SMILES string of the molecule is O=C(NC(NC(=O)C(c1ccccc1)c1ccccc1)c1ccc(Cl)cc1)C(c1ccccc1)c1ccccc1. The molecule has 0 saturated heterocycles. The Morgan fingerprint density at radius 1 is 0.425 bits per heavy atom. The summed E-state index contributed by atoms with van der Waals surface area (Å²) in [5.74, 6) is -1.58. The third kappa shape index (κ3) is 6.48. The Balaban J connectivity index is 1.49. The fourth-order valence-corrected chi connectivity index (χ4v) is 5.01. The second-order valence-electron chi connectivity index (χ2n) is 9.51. The Hall–Kier alpha value is -4.67. The first-order valence-corrected chi connectivity index (χ1v) is 13.5. The summed E-state index contributed by atoms with van der Waals surface area (Å²) in [5.41, 5.74) is 4.15. The molecule has 4 nitrogen and oxygen atoms in total. The van der Waals surface area contributed by atoms with Gasteiger partial charge < -0.3 is 10.6 Å². The Bertz CT molecular complexity index is 1350. The number of carbonyl (C=O) groups excluding carboxylic acids is 2. The molecule has 0 saturated carbocycles. The van der Waals surface area contributed by atoms with Crippen LogP contribution in [0.15, 0.2) is 146 Å². The smallest absolute Gasteiger partial charge is 0.233 e. The van der Waals surface area contributed by atoms with Gasteiger partial charge in [-0.25, -0.2) is 0 Å². The first-order valence-electron chi connectivity index (χ1n) is 13.2. The van der Waals surface area contributed by atoms with Crippen LogP contribution in [0.25, 0.3) is 0 Å². The second kappa shape index (κ2) is 12.9. The lowest BCUT2D eigenvalue weighted by molar-refractivity contribution is -0.125. The van der Waals surface area contributed by atoms with Crippen molar-refractivity contribution in [2.75, 3.05) is 0 Å². The normalized spacial score (nSPS) is 11.0. The summed E-state index contributed by atoms with van der Waals surface area (Å²) in [4.78, 5) is 28.0. The summed E-state index contributed by atoms with van der Waals surface area (Å²) < 4.78 is 0. The van der Waals surface area contributed by atoms with Crippen LogP contribution in [0.2, 0.25) is 5.02 Å². The molecule has 0 heterocycles. The molecule has 0 bridgehead atoms. The molecule has 40 heavy (non-hydrogen) atoms. The van der Waals surface area contributed by atoms with Crippen LogP contribution < -0.4 is 10.6 Å². The molecule has 0 spiro atoms. The minimum Gasteiger partial charge on any atom is -0.331 e. The summed E-state index contributed by atoms with van der Waals surface area (Å²) in [6.45, 7) is 0. The number of halogens is 1. The van der Waals surface area contributed by atoms with E-state index < -0.39 is 18.0 Å². The van der Waals surface area contributed by atoms with E-state index in [9.17, 15) is 9.59 Å². The largest absolute Gasteiger partial charge is 0.331 e. The molecule has 0 aliphatic heterocycles.